The molecule has 0 atom stereocenters. The van der Waals surface area contributed by atoms with Crippen molar-refractivity contribution in [3.05, 3.63) is 18.2 Å². The van der Waals surface area contributed by atoms with Gasteiger partial charge in [0.25, 0.3) is 0 Å². The van der Waals surface area contributed by atoms with E-state index in [-0.39, 0.29) is 0 Å². The molecule has 1 N–H and O–H groups in total. The lowest BCUT2D eigenvalue weighted by Crippen LogP contribution is -2.32. The Balaban J connectivity index is 2.47. The van der Waals surface area contributed by atoms with Gasteiger partial charge in [0.2, 0.25) is 0 Å². The lowest BCUT2D eigenvalue weighted by molar-refractivity contribution is -0.672. The number of oxime groups is 1. The summed E-state index contributed by atoms with van der Waals surface area (Å²) < 4.78 is 9.42. The van der Waals surface area contributed by atoms with Crippen molar-refractivity contribution in [2.24, 2.45) is 12.2 Å². The molecule has 96 valence electrons. The first-order chi connectivity index (χ1) is 7.94. The predicted molar refractivity (Wildman–Crippen MR) is 69.1 cm³/mol. The summed E-state index contributed by atoms with van der Waals surface area (Å²) >= 11 is 0. The van der Waals surface area contributed by atoms with Crippen LogP contribution in [0.4, 0.5) is 0 Å². The Bertz CT molecular complexity index is 383. The Morgan fingerprint density at radius 2 is 2.24 bits per heavy atom. The molecule has 1 heterocycles. The van der Waals surface area contributed by atoms with Crippen molar-refractivity contribution >= 4 is 14.3 Å². The average molecular weight is 256 g/mol. The van der Waals surface area contributed by atoms with Gasteiger partial charge in [-0.2, -0.15) is 0 Å². The molecule has 1 rings (SSSR count). The number of aryl methyl sites for hydroxylation is 1. The zero-order valence-corrected chi connectivity index (χ0v) is 12.1. The van der Waals surface area contributed by atoms with Gasteiger partial charge in [-0.3, -0.25) is 0 Å². The van der Waals surface area contributed by atoms with E-state index in [0.29, 0.717) is 6.73 Å². The molecule has 0 aliphatic heterocycles. The van der Waals surface area contributed by atoms with Crippen LogP contribution in [0.1, 0.15) is 5.82 Å². The summed E-state index contributed by atoms with van der Waals surface area (Å²) in [4.78, 5) is 0. The van der Waals surface area contributed by atoms with Gasteiger partial charge >= 0.3 is 5.82 Å². The summed E-state index contributed by atoms with van der Waals surface area (Å²) in [6.07, 6.45) is 5.21. The number of imidazole rings is 1. The Kier molecular flexibility index (Phi) is 4.89. The topological polar surface area (TPSA) is 50.6 Å². The Labute approximate surface area is 103 Å². The third kappa shape index (κ3) is 4.70. The van der Waals surface area contributed by atoms with E-state index >= 15 is 0 Å². The standard InChI is InChI=1S/C11H21N3O2Si/c1-13-5-6-14(11(13)9-12-15)10-16-7-8-17(2,3)4/h5-6,9H,7-8,10H2,1-4H3/p+1. The van der Waals surface area contributed by atoms with Crippen LogP contribution in [0.15, 0.2) is 17.5 Å². The number of ether oxygens (including phenoxy) is 1. The number of nitrogens with zero attached hydrogens (tertiary/aromatic N) is 3. The average Bonchev–Trinajstić information content (AvgIpc) is 2.55. The third-order valence-electron chi connectivity index (χ3n) is 2.53. The molecule has 0 aliphatic carbocycles. The van der Waals surface area contributed by atoms with Crippen molar-refractivity contribution in [3.63, 3.8) is 0 Å². The fraction of sp³-hybridized carbons (Fsp3) is 0.636. The van der Waals surface area contributed by atoms with Crippen molar-refractivity contribution < 1.29 is 14.5 Å². The van der Waals surface area contributed by atoms with Gasteiger partial charge in [0, 0.05) is 14.7 Å². The first kappa shape index (κ1) is 13.9. The smallest absolute Gasteiger partial charge is 0.305 e. The highest BCUT2D eigenvalue weighted by Crippen LogP contribution is 2.07. The molecular weight excluding hydrogens is 234 g/mol. The van der Waals surface area contributed by atoms with Gasteiger partial charge < -0.3 is 9.94 Å². The Morgan fingerprint density at radius 1 is 1.53 bits per heavy atom. The van der Waals surface area contributed by atoms with Gasteiger partial charge in [-0.05, 0) is 6.04 Å². The Hall–Kier alpha value is -1.14. The molecule has 0 amide bonds. The highest BCUT2D eigenvalue weighted by atomic mass is 28.3. The minimum Gasteiger partial charge on any atom is -0.411 e. The maximum Gasteiger partial charge on any atom is 0.305 e. The minimum atomic E-state index is -1.02. The monoisotopic (exact) mass is 256 g/mol. The van der Waals surface area contributed by atoms with Crippen molar-refractivity contribution in [1.82, 2.24) is 4.57 Å². The van der Waals surface area contributed by atoms with Crippen molar-refractivity contribution in [3.8, 4) is 0 Å². The van der Waals surface area contributed by atoms with Crippen molar-refractivity contribution in [2.75, 3.05) is 6.61 Å². The van der Waals surface area contributed by atoms with Crippen LogP contribution < -0.4 is 4.57 Å². The van der Waals surface area contributed by atoms with Crippen LogP contribution in [0.25, 0.3) is 0 Å². The van der Waals surface area contributed by atoms with Crippen LogP contribution >= 0.6 is 0 Å². The summed E-state index contributed by atoms with van der Waals surface area (Å²) in [5.74, 6) is 0.806. The van der Waals surface area contributed by atoms with Gasteiger partial charge in [0.15, 0.2) is 12.9 Å². The zero-order valence-electron chi connectivity index (χ0n) is 11.1. The molecule has 5 nitrogen and oxygen atoms in total. The molecule has 1 aromatic rings. The molecule has 0 radical (unpaired) electrons. The highest BCUT2D eigenvalue weighted by Gasteiger charge is 2.14. The second-order valence-corrected chi connectivity index (χ2v) is 11.0. The molecule has 0 unspecified atom stereocenters. The maximum absolute atomic E-state index is 8.57. The normalized spacial score (nSPS) is 12.5. The van der Waals surface area contributed by atoms with E-state index in [0.717, 1.165) is 18.5 Å². The number of aromatic nitrogens is 2. The molecule has 6 heteroatoms. The van der Waals surface area contributed by atoms with Crippen LogP contribution in [0, 0.1) is 0 Å². The fourth-order valence-electron chi connectivity index (χ4n) is 1.40. The molecule has 0 saturated heterocycles. The molecule has 0 aromatic carbocycles. The lowest BCUT2D eigenvalue weighted by Gasteiger charge is -2.14. The van der Waals surface area contributed by atoms with Gasteiger partial charge in [0.05, 0.1) is 7.05 Å². The summed E-state index contributed by atoms with van der Waals surface area (Å²) in [5, 5.41) is 11.6. The molecular formula is C11H22N3O2Si+. The van der Waals surface area contributed by atoms with Gasteiger partial charge in [-0.1, -0.05) is 24.8 Å². The van der Waals surface area contributed by atoms with E-state index in [1.54, 1.807) is 0 Å². The van der Waals surface area contributed by atoms with Gasteiger partial charge in [-0.25, -0.2) is 9.13 Å². The van der Waals surface area contributed by atoms with Crippen LogP contribution in [0.5, 0.6) is 0 Å². The van der Waals surface area contributed by atoms with Gasteiger partial charge in [-0.15, -0.1) is 0 Å². The third-order valence-corrected chi connectivity index (χ3v) is 4.23. The summed E-state index contributed by atoms with van der Waals surface area (Å²) in [7, 11) is 0.874. The molecule has 0 saturated carbocycles. The van der Waals surface area contributed by atoms with E-state index in [9.17, 15) is 0 Å². The van der Waals surface area contributed by atoms with Crippen LogP contribution in [0.2, 0.25) is 25.7 Å². The first-order valence-electron chi connectivity index (χ1n) is 5.74. The van der Waals surface area contributed by atoms with Crippen LogP contribution in [-0.4, -0.2) is 30.7 Å². The zero-order chi connectivity index (χ0) is 12.9. The number of hydrogen-bond acceptors (Lipinski definition) is 3. The first-order valence-corrected chi connectivity index (χ1v) is 9.45. The summed E-state index contributed by atoms with van der Waals surface area (Å²) in [6, 6.07) is 1.16. The largest absolute Gasteiger partial charge is 0.411 e. The molecule has 0 spiro atoms. The van der Waals surface area contributed by atoms with Crippen molar-refractivity contribution in [1.29, 1.82) is 0 Å². The predicted octanol–water partition coefficient (Wildman–Crippen LogP) is 1.43. The quantitative estimate of drug-likeness (QED) is 0.209. The highest BCUT2D eigenvalue weighted by molar-refractivity contribution is 6.76. The minimum absolute atomic E-state index is 0.493. The fourth-order valence-corrected chi connectivity index (χ4v) is 2.16. The lowest BCUT2D eigenvalue weighted by atomic mass is 10.6. The number of rotatable bonds is 6. The molecule has 0 bridgehead atoms. The number of hydrogen-bond donors (Lipinski definition) is 1. The van der Waals surface area contributed by atoms with Crippen LogP contribution in [0.3, 0.4) is 0 Å². The molecule has 0 aliphatic rings. The summed E-state index contributed by atoms with van der Waals surface area (Å²) in [5.41, 5.74) is 0. The van der Waals surface area contributed by atoms with Crippen LogP contribution in [-0.2, 0) is 18.5 Å². The van der Waals surface area contributed by atoms with E-state index in [1.807, 2.05) is 28.6 Å². The van der Waals surface area contributed by atoms with E-state index in [2.05, 4.69) is 24.8 Å². The van der Waals surface area contributed by atoms with E-state index in [4.69, 9.17) is 9.94 Å². The SMILES string of the molecule is C[n+]1ccn(COCC[Si](C)(C)C)c1/C=N/O. The maximum atomic E-state index is 8.57. The van der Waals surface area contributed by atoms with Gasteiger partial charge in [0.1, 0.15) is 12.4 Å². The van der Waals surface area contributed by atoms with Crippen molar-refractivity contribution in [2.45, 2.75) is 32.4 Å². The Morgan fingerprint density at radius 3 is 2.82 bits per heavy atom. The molecule has 0 fully saturated rings. The van der Waals surface area contributed by atoms with E-state index < -0.39 is 8.07 Å². The second kappa shape index (κ2) is 5.97. The van der Waals surface area contributed by atoms with E-state index in [1.165, 1.54) is 6.21 Å². The molecule has 1 aromatic heterocycles. The molecule has 17 heavy (non-hydrogen) atoms. The second-order valence-electron chi connectivity index (χ2n) is 5.33. The summed E-state index contributed by atoms with van der Waals surface area (Å²) in [6.45, 7) is 8.27.